The van der Waals surface area contributed by atoms with Gasteiger partial charge in [0.05, 0.1) is 0 Å². The lowest BCUT2D eigenvalue weighted by Gasteiger charge is -2.31. The van der Waals surface area contributed by atoms with Crippen LogP contribution < -0.4 is 0 Å². The summed E-state index contributed by atoms with van der Waals surface area (Å²) in [6.07, 6.45) is 3.62. The minimum atomic E-state index is -0.309. The molecule has 6 heteroatoms. The Kier molecular flexibility index (Phi) is 3.40. The summed E-state index contributed by atoms with van der Waals surface area (Å²) in [5.41, 5.74) is 0. The van der Waals surface area contributed by atoms with E-state index in [4.69, 9.17) is 0 Å². The van der Waals surface area contributed by atoms with Crippen LogP contribution in [-0.2, 0) is 9.59 Å². The van der Waals surface area contributed by atoms with Gasteiger partial charge in [-0.25, -0.2) is 4.79 Å². The van der Waals surface area contributed by atoms with Crippen molar-refractivity contribution in [2.45, 2.75) is 38.6 Å². The number of piperidine rings is 1. The molecule has 3 aliphatic rings. The highest BCUT2D eigenvalue weighted by atomic mass is 16.2. The van der Waals surface area contributed by atoms with Crippen LogP contribution in [-0.4, -0.2) is 64.8 Å². The molecule has 0 saturated carbocycles. The van der Waals surface area contributed by atoms with Crippen LogP contribution in [0.1, 0.15) is 32.6 Å². The SMILES string of the molecule is CC1CCN(C(=O)CN2C(=O)C3CCCN3C2=O)CC1. The molecule has 20 heavy (non-hydrogen) atoms. The third kappa shape index (κ3) is 2.17. The molecule has 0 radical (unpaired) electrons. The molecule has 1 atom stereocenters. The second-order valence-corrected chi connectivity index (χ2v) is 6.12. The molecule has 1 unspecified atom stereocenters. The topological polar surface area (TPSA) is 60.9 Å². The van der Waals surface area contributed by atoms with Crippen LogP contribution in [0.2, 0.25) is 0 Å². The summed E-state index contributed by atoms with van der Waals surface area (Å²) in [6, 6.07) is -0.590. The average molecular weight is 279 g/mol. The van der Waals surface area contributed by atoms with Crippen LogP contribution in [0.3, 0.4) is 0 Å². The Balaban J connectivity index is 1.62. The van der Waals surface area contributed by atoms with Gasteiger partial charge in [-0.1, -0.05) is 6.92 Å². The van der Waals surface area contributed by atoms with Crippen molar-refractivity contribution in [3.8, 4) is 0 Å². The molecule has 4 amide bonds. The number of urea groups is 1. The highest BCUT2D eigenvalue weighted by molar-refractivity contribution is 6.06. The van der Waals surface area contributed by atoms with Gasteiger partial charge in [-0.05, 0) is 31.6 Å². The number of fused-ring (bicyclic) bond motifs is 1. The van der Waals surface area contributed by atoms with Crippen molar-refractivity contribution in [2.24, 2.45) is 5.92 Å². The van der Waals surface area contributed by atoms with Gasteiger partial charge in [0.1, 0.15) is 12.6 Å². The third-order valence-corrected chi connectivity index (χ3v) is 4.71. The van der Waals surface area contributed by atoms with Gasteiger partial charge in [-0.3, -0.25) is 14.5 Å². The van der Waals surface area contributed by atoms with E-state index >= 15 is 0 Å². The second-order valence-electron chi connectivity index (χ2n) is 6.12. The van der Waals surface area contributed by atoms with Gasteiger partial charge in [0.25, 0.3) is 5.91 Å². The molecule has 0 aromatic heterocycles. The molecular weight excluding hydrogens is 258 g/mol. The molecule has 6 nitrogen and oxygen atoms in total. The van der Waals surface area contributed by atoms with E-state index in [2.05, 4.69) is 6.92 Å². The largest absolute Gasteiger partial charge is 0.341 e. The predicted octanol–water partition coefficient (Wildman–Crippen LogP) is 0.672. The number of amides is 4. The highest BCUT2D eigenvalue weighted by Gasteiger charge is 2.48. The molecule has 0 aromatic carbocycles. The summed E-state index contributed by atoms with van der Waals surface area (Å²) in [5.74, 6) is 0.366. The van der Waals surface area contributed by atoms with E-state index in [1.807, 2.05) is 0 Å². The first-order valence-electron chi connectivity index (χ1n) is 7.47. The lowest BCUT2D eigenvalue weighted by atomic mass is 9.99. The summed E-state index contributed by atoms with van der Waals surface area (Å²) < 4.78 is 0. The number of carbonyl (C=O) groups excluding carboxylic acids is 3. The molecule has 3 aliphatic heterocycles. The Labute approximate surface area is 118 Å². The molecule has 3 fully saturated rings. The lowest BCUT2D eigenvalue weighted by Crippen LogP contribution is -2.46. The number of nitrogens with zero attached hydrogens (tertiary/aromatic N) is 3. The van der Waals surface area contributed by atoms with E-state index in [-0.39, 0.29) is 30.4 Å². The fourth-order valence-electron chi connectivity index (χ4n) is 3.32. The molecule has 3 heterocycles. The standard InChI is InChI=1S/C14H21N3O3/c1-10-4-7-15(8-5-10)12(18)9-17-13(19)11-3-2-6-16(11)14(17)20/h10-11H,2-9H2,1H3. The monoisotopic (exact) mass is 279 g/mol. The van der Waals surface area contributed by atoms with Crippen molar-refractivity contribution in [1.82, 2.24) is 14.7 Å². The number of imide groups is 1. The summed E-state index contributed by atoms with van der Waals surface area (Å²) >= 11 is 0. The van der Waals surface area contributed by atoms with Crippen LogP contribution in [0.25, 0.3) is 0 Å². The zero-order chi connectivity index (χ0) is 14.3. The van der Waals surface area contributed by atoms with Crippen molar-refractivity contribution in [3.63, 3.8) is 0 Å². The average Bonchev–Trinajstić information content (AvgIpc) is 2.99. The number of hydrogen-bond acceptors (Lipinski definition) is 3. The number of rotatable bonds is 2. The van der Waals surface area contributed by atoms with Crippen molar-refractivity contribution in [3.05, 3.63) is 0 Å². The number of hydrogen-bond donors (Lipinski definition) is 0. The van der Waals surface area contributed by atoms with Crippen LogP contribution >= 0.6 is 0 Å². The normalized spacial score (nSPS) is 27.4. The van der Waals surface area contributed by atoms with Crippen LogP contribution in [0.15, 0.2) is 0 Å². The Hall–Kier alpha value is -1.59. The number of carbonyl (C=O) groups is 3. The first-order chi connectivity index (χ1) is 9.58. The third-order valence-electron chi connectivity index (χ3n) is 4.71. The minimum Gasteiger partial charge on any atom is -0.341 e. The molecule has 3 rings (SSSR count). The highest BCUT2D eigenvalue weighted by Crippen LogP contribution is 2.27. The lowest BCUT2D eigenvalue weighted by molar-refractivity contribution is -0.138. The Morgan fingerprint density at radius 1 is 1.15 bits per heavy atom. The molecule has 0 bridgehead atoms. The minimum absolute atomic E-state index is 0.0843. The van der Waals surface area contributed by atoms with Gasteiger partial charge in [-0.15, -0.1) is 0 Å². The van der Waals surface area contributed by atoms with Crippen LogP contribution in [0.4, 0.5) is 4.79 Å². The molecule has 3 saturated heterocycles. The van der Waals surface area contributed by atoms with Gasteiger partial charge in [-0.2, -0.15) is 0 Å². The molecule has 110 valence electrons. The van der Waals surface area contributed by atoms with Crippen molar-refractivity contribution >= 4 is 17.8 Å². The van der Waals surface area contributed by atoms with Crippen molar-refractivity contribution in [1.29, 1.82) is 0 Å². The maximum atomic E-state index is 12.2. The fourth-order valence-corrected chi connectivity index (χ4v) is 3.32. The maximum Gasteiger partial charge on any atom is 0.327 e. The first-order valence-corrected chi connectivity index (χ1v) is 7.47. The summed E-state index contributed by atoms with van der Waals surface area (Å²) in [4.78, 5) is 41.1. The van der Waals surface area contributed by atoms with Gasteiger partial charge in [0.15, 0.2) is 0 Å². The summed E-state index contributed by atoms with van der Waals surface area (Å²) in [5, 5.41) is 0. The van der Waals surface area contributed by atoms with Gasteiger partial charge in [0, 0.05) is 19.6 Å². The summed E-state index contributed by atoms with van der Waals surface area (Å²) in [7, 11) is 0. The molecule has 0 aromatic rings. The van der Waals surface area contributed by atoms with Crippen molar-refractivity contribution in [2.75, 3.05) is 26.2 Å². The molecule has 0 spiro atoms. The van der Waals surface area contributed by atoms with Crippen LogP contribution in [0.5, 0.6) is 0 Å². The molecular formula is C14H21N3O3. The van der Waals surface area contributed by atoms with Gasteiger partial charge in [0.2, 0.25) is 5.91 Å². The predicted molar refractivity (Wildman–Crippen MR) is 71.8 cm³/mol. The van der Waals surface area contributed by atoms with Crippen LogP contribution in [0, 0.1) is 5.92 Å². The van der Waals surface area contributed by atoms with E-state index in [0.29, 0.717) is 12.5 Å². The van der Waals surface area contributed by atoms with Gasteiger partial charge < -0.3 is 9.80 Å². The quantitative estimate of drug-likeness (QED) is 0.698. The fraction of sp³-hybridized carbons (Fsp3) is 0.786. The number of likely N-dealkylation sites (tertiary alicyclic amines) is 1. The smallest absolute Gasteiger partial charge is 0.327 e. The Morgan fingerprint density at radius 3 is 2.50 bits per heavy atom. The zero-order valence-corrected chi connectivity index (χ0v) is 11.9. The van der Waals surface area contributed by atoms with E-state index < -0.39 is 0 Å². The second kappa shape index (κ2) is 5.07. The summed E-state index contributed by atoms with van der Waals surface area (Å²) in [6.45, 7) is 4.22. The Bertz CT molecular complexity index is 421. The maximum absolute atomic E-state index is 12.2. The van der Waals surface area contributed by atoms with Gasteiger partial charge >= 0.3 is 6.03 Å². The Morgan fingerprint density at radius 2 is 1.85 bits per heavy atom. The first kappa shape index (κ1) is 13.4. The molecule has 0 aliphatic carbocycles. The van der Waals surface area contributed by atoms with Crippen molar-refractivity contribution < 1.29 is 14.4 Å². The van der Waals surface area contributed by atoms with E-state index in [9.17, 15) is 14.4 Å². The zero-order valence-electron chi connectivity index (χ0n) is 11.9. The van der Waals surface area contributed by atoms with E-state index in [1.165, 1.54) is 0 Å². The van der Waals surface area contributed by atoms with E-state index in [0.717, 1.165) is 43.7 Å². The molecule has 0 N–H and O–H groups in total. The van der Waals surface area contributed by atoms with E-state index in [1.54, 1.807) is 9.80 Å².